The van der Waals surface area contributed by atoms with Crippen LogP contribution in [-0.2, 0) is 5.54 Å². The van der Waals surface area contributed by atoms with Crippen LogP contribution in [0.15, 0.2) is 67.0 Å². The van der Waals surface area contributed by atoms with E-state index in [-0.39, 0.29) is 17.1 Å². The third-order valence-electron chi connectivity index (χ3n) is 7.22. The van der Waals surface area contributed by atoms with Crippen molar-refractivity contribution in [2.75, 3.05) is 25.5 Å². The van der Waals surface area contributed by atoms with E-state index in [1.807, 2.05) is 35.5 Å². The summed E-state index contributed by atoms with van der Waals surface area (Å²) < 4.78 is 0. The zero-order chi connectivity index (χ0) is 20.8. The van der Waals surface area contributed by atoms with Crippen LogP contribution in [0.2, 0.25) is 0 Å². The van der Waals surface area contributed by atoms with E-state index in [0.717, 1.165) is 42.1 Å². The molecule has 1 N–H and O–H groups in total. The Hall–Kier alpha value is -2.92. The van der Waals surface area contributed by atoms with Crippen LogP contribution in [0.4, 0.5) is 10.5 Å². The number of nitrogens with one attached hydrogen (secondary N) is 1. The molecule has 0 bridgehead atoms. The van der Waals surface area contributed by atoms with Crippen LogP contribution in [0, 0.1) is 0 Å². The minimum Gasteiger partial charge on any atom is -0.330 e. The van der Waals surface area contributed by atoms with Crippen LogP contribution in [0.3, 0.4) is 0 Å². The van der Waals surface area contributed by atoms with Gasteiger partial charge in [0.05, 0.1) is 24.0 Å². The maximum atomic E-state index is 13.0. The number of hydrogen-bond donors (Lipinski definition) is 1. The Morgan fingerprint density at radius 1 is 0.933 bits per heavy atom. The summed E-state index contributed by atoms with van der Waals surface area (Å²) in [7, 11) is 4.35. The van der Waals surface area contributed by atoms with E-state index in [1.54, 1.807) is 0 Å². The molecule has 1 aliphatic carbocycles. The molecule has 5 rings (SSSR count). The molecule has 2 aromatic carbocycles. The quantitative estimate of drug-likeness (QED) is 0.702. The van der Waals surface area contributed by atoms with Gasteiger partial charge in [0.15, 0.2) is 0 Å². The molecule has 2 amide bonds. The van der Waals surface area contributed by atoms with Crippen molar-refractivity contribution in [2.45, 2.75) is 36.8 Å². The lowest BCUT2D eigenvalue weighted by atomic mass is 9.69. The van der Waals surface area contributed by atoms with Crippen LogP contribution in [-0.4, -0.2) is 42.1 Å². The van der Waals surface area contributed by atoms with Crippen LogP contribution in [0.25, 0.3) is 10.8 Å². The Balaban J connectivity index is 1.42. The average Bonchev–Trinajstić information content (AvgIpc) is 3.10. The molecule has 2 fully saturated rings. The summed E-state index contributed by atoms with van der Waals surface area (Å²) in [6.45, 7) is 0.694. The van der Waals surface area contributed by atoms with Gasteiger partial charge in [0.25, 0.3) is 0 Å². The molecule has 154 valence electrons. The lowest BCUT2D eigenvalue weighted by molar-refractivity contribution is 0.0658. The van der Waals surface area contributed by atoms with Gasteiger partial charge in [-0.1, -0.05) is 54.6 Å². The van der Waals surface area contributed by atoms with Crippen LogP contribution in [0.5, 0.6) is 0 Å². The van der Waals surface area contributed by atoms with Gasteiger partial charge in [-0.3, -0.25) is 14.8 Å². The Bertz CT molecular complexity index is 1070. The molecule has 3 aromatic rings. The third kappa shape index (κ3) is 2.96. The fraction of sp³-hybridized carbons (Fsp3) is 0.360. The van der Waals surface area contributed by atoms with Crippen molar-refractivity contribution in [3.05, 3.63) is 72.6 Å². The van der Waals surface area contributed by atoms with E-state index in [4.69, 9.17) is 0 Å². The smallest absolute Gasteiger partial charge is 0.322 e. The summed E-state index contributed by atoms with van der Waals surface area (Å²) in [5, 5.41) is 5.48. The van der Waals surface area contributed by atoms with Gasteiger partial charge in [0.1, 0.15) is 0 Å². The number of hydrogen-bond acceptors (Lipinski definition) is 3. The van der Waals surface area contributed by atoms with Crippen molar-refractivity contribution in [2.24, 2.45) is 0 Å². The van der Waals surface area contributed by atoms with Crippen molar-refractivity contribution in [1.29, 1.82) is 0 Å². The molecular weight excluding hydrogens is 372 g/mol. The van der Waals surface area contributed by atoms with E-state index >= 15 is 0 Å². The zero-order valence-electron chi connectivity index (χ0n) is 17.6. The number of carbonyl (C=O) groups excluding carboxylic acids is 1. The number of nitrogens with zero attached hydrogens (tertiary/aromatic N) is 3. The largest absolute Gasteiger partial charge is 0.330 e. The van der Waals surface area contributed by atoms with Crippen molar-refractivity contribution >= 4 is 22.5 Å². The second kappa shape index (κ2) is 7.10. The maximum Gasteiger partial charge on any atom is 0.322 e. The molecule has 1 aromatic heterocycles. The monoisotopic (exact) mass is 400 g/mol. The molecule has 5 nitrogen and oxygen atoms in total. The molecule has 1 aliphatic heterocycles. The molecule has 0 atom stereocenters. The van der Waals surface area contributed by atoms with Gasteiger partial charge in [-0.2, -0.15) is 0 Å². The summed E-state index contributed by atoms with van der Waals surface area (Å²) >= 11 is 0. The predicted molar refractivity (Wildman–Crippen MR) is 121 cm³/mol. The zero-order valence-corrected chi connectivity index (χ0v) is 17.6. The summed E-state index contributed by atoms with van der Waals surface area (Å²) in [6.07, 6.45) is 7.63. The summed E-state index contributed by atoms with van der Waals surface area (Å²) in [6, 6.07) is 18.9. The maximum absolute atomic E-state index is 13.0. The number of carbonyl (C=O) groups is 1. The van der Waals surface area contributed by atoms with Crippen molar-refractivity contribution in [1.82, 2.24) is 15.2 Å². The van der Waals surface area contributed by atoms with E-state index in [2.05, 4.69) is 65.7 Å². The lowest BCUT2D eigenvalue weighted by Gasteiger charge is -2.48. The van der Waals surface area contributed by atoms with Gasteiger partial charge in [-0.05, 0) is 45.3 Å². The van der Waals surface area contributed by atoms with Gasteiger partial charge >= 0.3 is 6.03 Å². The molecule has 0 radical (unpaired) electrons. The number of urea groups is 1. The Morgan fingerprint density at radius 3 is 2.37 bits per heavy atom. The van der Waals surface area contributed by atoms with Crippen molar-refractivity contribution in [3.63, 3.8) is 0 Å². The summed E-state index contributed by atoms with van der Waals surface area (Å²) in [5.74, 6) is 0. The molecule has 30 heavy (non-hydrogen) atoms. The van der Waals surface area contributed by atoms with Crippen molar-refractivity contribution in [3.8, 4) is 0 Å². The van der Waals surface area contributed by atoms with Crippen LogP contribution in [0.1, 0.15) is 31.2 Å². The fourth-order valence-electron chi connectivity index (χ4n) is 5.39. The number of pyridine rings is 1. The topological polar surface area (TPSA) is 48.5 Å². The first-order valence-electron chi connectivity index (χ1n) is 10.7. The normalized spacial score (nSPS) is 26.5. The fourth-order valence-corrected chi connectivity index (χ4v) is 5.39. The molecular formula is C25H28N4O. The first kappa shape index (κ1) is 19.1. The van der Waals surface area contributed by atoms with Crippen LogP contribution < -0.4 is 10.2 Å². The second-order valence-electron chi connectivity index (χ2n) is 8.97. The first-order chi connectivity index (χ1) is 14.5. The minimum absolute atomic E-state index is 0.00906. The van der Waals surface area contributed by atoms with Gasteiger partial charge < -0.3 is 5.32 Å². The highest BCUT2D eigenvalue weighted by Gasteiger charge is 2.50. The molecule has 5 heteroatoms. The highest BCUT2D eigenvalue weighted by Crippen LogP contribution is 2.46. The van der Waals surface area contributed by atoms with Crippen molar-refractivity contribution < 1.29 is 4.79 Å². The highest BCUT2D eigenvalue weighted by molar-refractivity contribution is 6.04. The Kier molecular flexibility index (Phi) is 4.51. The molecule has 1 saturated heterocycles. The van der Waals surface area contributed by atoms with E-state index in [9.17, 15) is 4.79 Å². The SMILES string of the molecule is CN(C)C1(c2ccccc2)CCC2(CC1)CN(c1cncc3ccccc13)C(=O)N2. The van der Waals surface area contributed by atoms with E-state index in [1.165, 1.54) is 5.56 Å². The minimum atomic E-state index is -0.178. The number of amides is 2. The number of aromatic nitrogens is 1. The number of fused-ring (bicyclic) bond motifs is 1. The van der Waals surface area contributed by atoms with Crippen LogP contribution >= 0.6 is 0 Å². The number of rotatable bonds is 3. The number of anilines is 1. The molecule has 1 spiro atoms. The van der Waals surface area contributed by atoms with E-state index < -0.39 is 0 Å². The van der Waals surface area contributed by atoms with Gasteiger partial charge in [0, 0.05) is 22.5 Å². The summed E-state index contributed by atoms with van der Waals surface area (Å²) in [4.78, 5) is 21.7. The molecule has 0 unspecified atom stereocenters. The van der Waals surface area contributed by atoms with Gasteiger partial charge in [-0.25, -0.2) is 4.79 Å². The van der Waals surface area contributed by atoms with Gasteiger partial charge in [0.2, 0.25) is 0 Å². The standard InChI is InChI=1S/C25H28N4O/c1-28(2)25(20-9-4-3-5-10-20)14-12-24(13-15-25)18-29(23(30)27-24)22-17-26-16-19-8-6-7-11-21(19)22/h3-11,16-17H,12-15,18H2,1-2H3,(H,27,30). The van der Waals surface area contributed by atoms with Gasteiger partial charge in [-0.15, -0.1) is 0 Å². The first-order valence-corrected chi connectivity index (χ1v) is 10.7. The average molecular weight is 401 g/mol. The second-order valence-corrected chi connectivity index (χ2v) is 8.97. The highest BCUT2D eigenvalue weighted by atomic mass is 16.2. The molecule has 2 aliphatic rings. The third-order valence-corrected chi connectivity index (χ3v) is 7.22. The van der Waals surface area contributed by atoms with E-state index in [0.29, 0.717) is 6.54 Å². The number of benzene rings is 2. The predicted octanol–water partition coefficient (Wildman–Crippen LogP) is 4.53. The lowest BCUT2D eigenvalue weighted by Crippen LogP contribution is -2.54. The molecule has 2 heterocycles. The summed E-state index contributed by atoms with van der Waals surface area (Å²) in [5.41, 5.74) is 2.10. The molecule has 1 saturated carbocycles. The Labute approximate surface area is 177 Å². The Morgan fingerprint density at radius 2 is 1.63 bits per heavy atom.